The first-order chi connectivity index (χ1) is 13.3. The molecule has 1 amide bonds. The third-order valence-corrected chi connectivity index (χ3v) is 6.23. The van der Waals surface area contributed by atoms with Gasteiger partial charge in [0.15, 0.2) is 5.82 Å². The van der Waals surface area contributed by atoms with Crippen molar-refractivity contribution in [3.05, 3.63) is 47.5 Å². The number of fused-ring (bicyclic) bond motifs is 2. The Hall–Kier alpha value is -3.02. The molecule has 0 saturated heterocycles. The number of carbonyl (C=O) groups is 1. The molecule has 0 bridgehead atoms. The standard InChI is InChI=1S/C17H16N6O3S2/c1-22-13-9-19-17(20-10-4-3-5-11(8-10)28(18,25)26)21-14(13)23(2)16-12(15(22)24)6-7-27-16/h3-9H,1-2H3,(H2,18,25,26)(H,19,20,21). The van der Waals surface area contributed by atoms with E-state index >= 15 is 0 Å². The Morgan fingerprint density at radius 2 is 1.96 bits per heavy atom. The summed E-state index contributed by atoms with van der Waals surface area (Å²) in [4.78, 5) is 24.8. The fraction of sp³-hybridized carbons (Fsp3) is 0.118. The van der Waals surface area contributed by atoms with Crippen LogP contribution in [-0.4, -0.2) is 38.4 Å². The number of amides is 1. The van der Waals surface area contributed by atoms with Gasteiger partial charge in [-0.1, -0.05) is 6.07 Å². The lowest BCUT2D eigenvalue weighted by atomic mass is 10.3. The van der Waals surface area contributed by atoms with E-state index in [4.69, 9.17) is 5.14 Å². The van der Waals surface area contributed by atoms with E-state index in [1.807, 2.05) is 17.3 Å². The van der Waals surface area contributed by atoms with Crippen LogP contribution in [0.2, 0.25) is 0 Å². The van der Waals surface area contributed by atoms with Crippen molar-refractivity contribution in [2.45, 2.75) is 4.90 Å². The molecule has 3 aromatic rings. The van der Waals surface area contributed by atoms with Gasteiger partial charge >= 0.3 is 0 Å². The Kier molecular flexibility index (Phi) is 4.29. The number of hydrogen-bond acceptors (Lipinski definition) is 8. The van der Waals surface area contributed by atoms with Crippen LogP contribution in [0, 0.1) is 0 Å². The lowest BCUT2D eigenvalue weighted by Crippen LogP contribution is -2.25. The molecule has 0 atom stereocenters. The zero-order chi connectivity index (χ0) is 20.1. The van der Waals surface area contributed by atoms with Crippen LogP contribution in [0.4, 0.5) is 28.1 Å². The van der Waals surface area contributed by atoms with Gasteiger partial charge in [0.05, 0.1) is 16.7 Å². The second-order valence-corrected chi connectivity index (χ2v) is 8.62. The van der Waals surface area contributed by atoms with E-state index < -0.39 is 10.0 Å². The third kappa shape index (κ3) is 3.09. The van der Waals surface area contributed by atoms with Crippen LogP contribution in [-0.2, 0) is 10.0 Å². The number of primary sulfonamides is 1. The predicted octanol–water partition coefficient (Wildman–Crippen LogP) is 2.29. The van der Waals surface area contributed by atoms with E-state index in [9.17, 15) is 13.2 Å². The Balaban J connectivity index is 1.74. The van der Waals surface area contributed by atoms with E-state index in [0.717, 1.165) is 5.00 Å². The average molecular weight is 416 g/mol. The summed E-state index contributed by atoms with van der Waals surface area (Å²) in [6.45, 7) is 0. The van der Waals surface area contributed by atoms with Gasteiger partial charge in [0.2, 0.25) is 16.0 Å². The minimum absolute atomic E-state index is 0.0158. The highest BCUT2D eigenvalue weighted by Gasteiger charge is 2.30. The molecule has 0 unspecified atom stereocenters. The van der Waals surface area contributed by atoms with Crippen LogP contribution in [0.5, 0.6) is 0 Å². The number of carbonyl (C=O) groups excluding carboxylic acids is 1. The fourth-order valence-corrected chi connectivity index (χ4v) is 4.32. The number of nitrogens with two attached hydrogens (primary N) is 1. The molecule has 3 N–H and O–H groups in total. The van der Waals surface area contributed by atoms with Crippen molar-refractivity contribution in [3.63, 3.8) is 0 Å². The molecule has 1 aliphatic rings. The van der Waals surface area contributed by atoms with E-state index in [1.54, 1.807) is 31.4 Å². The molecule has 9 nitrogen and oxygen atoms in total. The molecule has 0 fully saturated rings. The molecule has 4 rings (SSSR count). The van der Waals surface area contributed by atoms with Crippen LogP contribution in [0.1, 0.15) is 10.4 Å². The highest BCUT2D eigenvalue weighted by Crippen LogP contribution is 2.40. The van der Waals surface area contributed by atoms with Gasteiger partial charge < -0.3 is 15.1 Å². The third-order valence-electron chi connectivity index (χ3n) is 4.33. The van der Waals surface area contributed by atoms with Crippen molar-refractivity contribution < 1.29 is 13.2 Å². The maximum absolute atomic E-state index is 12.7. The highest BCUT2D eigenvalue weighted by atomic mass is 32.2. The van der Waals surface area contributed by atoms with Crippen molar-refractivity contribution in [1.29, 1.82) is 0 Å². The van der Waals surface area contributed by atoms with E-state index in [1.165, 1.54) is 28.4 Å². The minimum Gasteiger partial charge on any atom is -0.324 e. The van der Waals surface area contributed by atoms with E-state index in [2.05, 4.69) is 15.3 Å². The number of rotatable bonds is 3. The van der Waals surface area contributed by atoms with Gasteiger partial charge in [-0.2, -0.15) is 4.98 Å². The summed E-state index contributed by atoms with van der Waals surface area (Å²) in [5.74, 6) is 0.683. The van der Waals surface area contributed by atoms with Crippen molar-refractivity contribution in [3.8, 4) is 0 Å². The second kappa shape index (κ2) is 6.55. The highest BCUT2D eigenvalue weighted by molar-refractivity contribution is 7.89. The normalized spacial score (nSPS) is 13.8. The molecular weight excluding hydrogens is 400 g/mol. The molecule has 0 aliphatic carbocycles. The predicted molar refractivity (Wildman–Crippen MR) is 108 cm³/mol. The van der Waals surface area contributed by atoms with Gasteiger partial charge in [-0.05, 0) is 29.6 Å². The summed E-state index contributed by atoms with van der Waals surface area (Å²) in [5, 5.41) is 10.8. The Morgan fingerprint density at radius 3 is 2.71 bits per heavy atom. The van der Waals surface area contributed by atoms with Crippen LogP contribution in [0.3, 0.4) is 0 Å². The first-order valence-corrected chi connectivity index (χ1v) is 10.5. The quantitative estimate of drug-likeness (QED) is 0.672. The Morgan fingerprint density at radius 1 is 1.18 bits per heavy atom. The smallest absolute Gasteiger partial charge is 0.261 e. The summed E-state index contributed by atoms with van der Waals surface area (Å²) >= 11 is 1.45. The second-order valence-electron chi connectivity index (χ2n) is 6.16. The number of benzene rings is 1. The van der Waals surface area contributed by atoms with Gasteiger partial charge in [-0.3, -0.25) is 4.79 Å². The summed E-state index contributed by atoms with van der Waals surface area (Å²) in [6.07, 6.45) is 1.55. The lowest BCUT2D eigenvalue weighted by Gasteiger charge is -2.20. The number of sulfonamides is 1. The van der Waals surface area contributed by atoms with Crippen LogP contribution in [0.15, 0.2) is 46.8 Å². The zero-order valence-electron chi connectivity index (χ0n) is 14.9. The van der Waals surface area contributed by atoms with Crippen LogP contribution in [0.25, 0.3) is 0 Å². The van der Waals surface area contributed by atoms with Crippen LogP contribution >= 0.6 is 11.3 Å². The topological polar surface area (TPSA) is 122 Å². The first-order valence-electron chi connectivity index (χ1n) is 8.12. The maximum atomic E-state index is 12.7. The van der Waals surface area contributed by atoms with Crippen LogP contribution < -0.4 is 20.3 Å². The lowest BCUT2D eigenvalue weighted by molar-refractivity contribution is 0.0994. The van der Waals surface area contributed by atoms with Gasteiger partial charge in [-0.25, -0.2) is 18.5 Å². The molecule has 0 saturated carbocycles. The molecule has 1 aromatic carbocycles. The minimum atomic E-state index is -3.82. The SMILES string of the molecule is CN1C(=O)c2ccsc2N(C)c2nc(Nc3cccc(S(N)(=O)=O)c3)ncc21. The zero-order valence-corrected chi connectivity index (χ0v) is 16.6. The molecule has 28 heavy (non-hydrogen) atoms. The van der Waals surface area contributed by atoms with Gasteiger partial charge in [-0.15, -0.1) is 11.3 Å². The van der Waals surface area contributed by atoms with Crippen molar-refractivity contribution in [2.24, 2.45) is 5.14 Å². The number of thiophene rings is 1. The first kappa shape index (κ1) is 18.3. The molecule has 2 aromatic heterocycles. The molecule has 144 valence electrons. The van der Waals surface area contributed by atoms with Gasteiger partial charge in [0.1, 0.15) is 10.7 Å². The maximum Gasteiger partial charge on any atom is 0.261 e. The Bertz CT molecular complexity index is 1190. The van der Waals surface area contributed by atoms with E-state index in [-0.39, 0.29) is 16.8 Å². The number of aromatic nitrogens is 2. The fourth-order valence-electron chi connectivity index (χ4n) is 2.90. The Labute approximate surface area is 165 Å². The number of nitrogens with zero attached hydrogens (tertiary/aromatic N) is 4. The molecule has 0 spiro atoms. The summed E-state index contributed by atoms with van der Waals surface area (Å²) in [7, 11) is -0.311. The molecule has 1 aliphatic heterocycles. The largest absolute Gasteiger partial charge is 0.324 e. The summed E-state index contributed by atoms with van der Waals surface area (Å²) in [6, 6.07) is 7.85. The number of hydrogen-bond donors (Lipinski definition) is 2. The number of anilines is 5. The van der Waals surface area contributed by atoms with Gasteiger partial charge in [0.25, 0.3) is 5.91 Å². The molecule has 0 radical (unpaired) electrons. The summed E-state index contributed by atoms with van der Waals surface area (Å²) in [5.41, 5.74) is 1.65. The van der Waals surface area contributed by atoms with Crippen molar-refractivity contribution >= 4 is 55.4 Å². The monoisotopic (exact) mass is 416 g/mol. The average Bonchev–Trinajstić information content (AvgIpc) is 3.13. The van der Waals surface area contributed by atoms with Gasteiger partial charge in [0, 0.05) is 19.8 Å². The van der Waals surface area contributed by atoms with Crippen molar-refractivity contribution in [1.82, 2.24) is 9.97 Å². The number of nitrogens with one attached hydrogen (secondary N) is 1. The summed E-state index contributed by atoms with van der Waals surface area (Å²) < 4.78 is 23.1. The molecule has 11 heteroatoms. The van der Waals surface area contributed by atoms with E-state index in [0.29, 0.717) is 22.8 Å². The molecular formula is C17H16N6O3S2. The van der Waals surface area contributed by atoms with Crippen molar-refractivity contribution in [2.75, 3.05) is 29.2 Å². The molecule has 3 heterocycles.